The Bertz CT molecular complexity index is 825. The molecular formula is C16H11ClF3N3O2. The van der Waals surface area contributed by atoms with Crippen LogP contribution in [-0.4, -0.2) is 45.0 Å². The molecule has 0 bridgehead atoms. The van der Waals surface area contributed by atoms with Crippen LogP contribution in [-0.2, 0) is 0 Å². The van der Waals surface area contributed by atoms with Crippen molar-refractivity contribution in [1.29, 1.82) is 0 Å². The van der Waals surface area contributed by atoms with Crippen LogP contribution in [0.15, 0.2) is 53.9 Å². The lowest BCUT2D eigenvalue weighted by Crippen LogP contribution is -2.54. The highest BCUT2D eigenvalue weighted by molar-refractivity contribution is 6.30. The van der Waals surface area contributed by atoms with Crippen LogP contribution < -0.4 is 0 Å². The van der Waals surface area contributed by atoms with E-state index in [1.165, 1.54) is 48.8 Å². The van der Waals surface area contributed by atoms with Crippen LogP contribution >= 0.6 is 11.6 Å². The third kappa shape index (κ3) is 3.10. The first-order valence-corrected chi connectivity index (χ1v) is 7.46. The number of amides is 1. The minimum atomic E-state index is -5.02. The zero-order valence-electron chi connectivity index (χ0n) is 12.5. The fourth-order valence-electron chi connectivity index (χ4n) is 2.41. The highest BCUT2D eigenvalue weighted by Crippen LogP contribution is 2.38. The number of hydrazone groups is 1. The summed E-state index contributed by atoms with van der Waals surface area (Å²) in [5.41, 5.74) is -3.86. The van der Waals surface area contributed by atoms with Gasteiger partial charge in [-0.25, -0.2) is 5.01 Å². The summed E-state index contributed by atoms with van der Waals surface area (Å²) in [6.45, 7) is -1.04. The molecule has 0 saturated heterocycles. The van der Waals surface area contributed by atoms with Gasteiger partial charge in [0, 0.05) is 23.0 Å². The fraction of sp³-hybridized carbons (Fsp3) is 0.188. The molecule has 0 unspecified atom stereocenters. The SMILES string of the molecule is O=C(c1cccnc1)N1C[C@@](O)(C(F)(F)F)C(c2ccc(Cl)cc2)=N1. The summed E-state index contributed by atoms with van der Waals surface area (Å²) in [5.74, 6) is -0.792. The molecular weight excluding hydrogens is 359 g/mol. The van der Waals surface area contributed by atoms with E-state index >= 15 is 0 Å². The largest absolute Gasteiger partial charge is 0.424 e. The third-order valence-electron chi connectivity index (χ3n) is 3.72. The number of hydrogen-bond donors (Lipinski definition) is 1. The van der Waals surface area contributed by atoms with Gasteiger partial charge in [-0.05, 0) is 24.3 Å². The van der Waals surface area contributed by atoms with Crippen molar-refractivity contribution in [3.63, 3.8) is 0 Å². The van der Waals surface area contributed by atoms with Gasteiger partial charge >= 0.3 is 6.18 Å². The Labute approximate surface area is 145 Å². The maximum atomic E-state index is 13.5. The lowest BCUT2D eigenvalue weighted by atomic mass is 9.92. The number of aliphatic hydroxyl groups is 1. The van der Waals surface area contributed by atoms with E-state index in [0.717, 1.165) is 0 Å². The Morgan fingerprint density at radius 1 is 1.24 bits per heavy atom. The van der Waals surface area contributed by atoms with Crippen LogP contribution in [0.3, 0.4) is 0 Å². The van der Waals surface area contributed by atoms with E-state index in [1.54, 1.807) is 0 Å². The van der Waals surface area contributed by atoms with Gasteiger partial charge in [0.25, 0.3) is 5.91 Å². The molecule has 0 spiro atoms. The first-order valence-electron chi connectivity index (χ1n) is 7.08. The van der Waals surface area contributed by atoms with Crippen molar-refractivity contribution in [2.75, 3.05) is 6.54 Å². The van der Waals surface area contributed by atoms with E-state index in [9.17, 15) is 23.1 Å². The highest BCUT2D eigenvalue weighted by atomic mass is 35.5. The van der Waals surface area contributed by atoms with Gasteiger partial charge in [0.2, 0.25) is 5.60 Å². The normalized spacial score (nSPS) is 20.5. The number of halogens is 4. The molecule has 2 heterocycles. The molecule has 25 heavy (non-hydrogen) atoms. The average Bonchev–Trinajstić information content (AvgIpc) is 2.95. The molecule has 1 aromatic heterocycles. The molecule has 1 N–H and O–H groups in total. The van der Waals surface area contributed by atoms with Crippen LogP contribution in [0.2, 0.25) is 5.02 Å². The summed E-state index contributed by atoms with van der Waals surface area (Å²) in [4.78, 5) is 16.1. The van der Waals surface area contributed by atoms with Crippen LogP contribution in [0, 0.1) is 0 Å². The maximum absolute atomic E-state index is 13.5. The number of rotatable bonds is 2. The molecule has 5 nitrogen and oxygen atoms in total. The van der Waals surface area contributed by atoms with Crippen LogP contribution in [0.1, 0.15) is 15.9 Å². The predicted octanol–water partition coefficient (Wildman–Crippen LogP) is 2.89. The molecule has 2 aromatic rings. The zero-order valence-corrected chi connectivity index (χ0v) is 13.3. The molecule has 0 radical (unpaired) electrons. The first kappa shape index (κ1) is 17.4. The number of alkyl halides is 3. The van der Waals surface area contributed by atoms with E-state index in [2.05, 4.69) is 10.1 Å². The average molecular weight is 370 g/mol. The molecule has 0 saturated carbocycles. The summed E-state index contributed by atoms with van der Waals surface area (Å²) >= 11 is 5.74. The summed E-state index contributed by atoms with van der Waals surface area (Å²) in [5, 5.41) is 14.9. The molecule has 1 aromatic carbocycles. The molecule has 130 valence electrons. The summed E-state index contributed by atoms with van der Waals surface area (Å²) in [6.07, 6.45) is -2.38. The van der Waals surface area contributed by atoms with Crippen LogP contribution in [0.25, 0.3) is 0 Å². The van der Waals surface area contributed by atoms with Crippen molar-refractivity contribution in [2.45, 2.75) is 11.8 Å². The second-order valence-corrected chi connectivity index (χ2v) is 5.85. The van der Waals surface area contributed by atoms with Crippen molar-refractivity contribution < 1.29 is 23.1 Å². The van der Waals surface area contributed by atoms with Crippen molar-refractivity contribution in [3.05, 3.63) is 64.9 Å². The highest BCUT2D eigenvalue weighted by Gasteiger charge is 2.62. The number of aromatic nitrogens is 1. The second-order valence-electron chi connectivity index (χ2n) is 5.42. The van der Waals surface area contributed by atoms with Gasteiger partial charge in [0.15, 0.2) is 0 Å². The van der Waals surface area contributed by atoms with Gasteiger partial charge in [-0.1, -0.05) is 23.7 Å². The van der Waals surface area contributed by atoms with Gasteiger partial charge in [-0.3, -0.25) is 9.78 Å². The molecule has 1 aliphatic rings. The predicted molar refractivity (Wildman–Crippen MR) is 84.3 cm³/mol. The number of hydrogen-bond acceptors (Lipinski definition) is 4. The molecule has 3 rings (SSSR count). The Morgan fingerprint density at radius 2 is 1.92 bits per heavy atom. The van der Waals surface area contributed by atoms with E-state index in [1.807, 2.05) is 0 Å². The van der Waals surface area contributed by atoms with Gasteiger partial charge in [0.1, 0.15) is 5.71 Å². The number of benzene rings is 1. The van der Waals surface area contributed by atoms with Crippen molar-refractivity contribution in [3.8, 4) is 0 Å². The first-order chi connectivity index (χ1) is 11.7. The zero-order chi connectivity index (χ0) is 18.2. The van der Waals surface area contributed by atoms with E-state index in [4.69, 9.17) is 11.6 Å². The van der Waals surface area contributed by atoms with Crippen molar-refractivity contribution in [1.82, 2.24) is 9.99 Å². The van der Waals surface area contributed by atoms with E-state index < -0.39 is 29.9 Å². The summed E-state index contributed by atoms with van der Waals surface area (Å²) in [6, 6.07) is 8.23. The van der Waals surface area contributed by atoms with Gasteiger partial charge in [-0.15, -0.1) is 0 Å². The van der Waals surface area contributed by atoms with Crippen LogP contribution in [0.5, 0.6) is 0 Å². The molecule has 9 heteroatoms. The minimum absolute atomic E-state index is 0.0192. The topological polar surface area (TPSA) is 65.8 Å². The maximum Gasteiger partial charge on any atom is 0.424 e. The van der Waals surface area contributed by atoms with Gasteiger partial charge in [-0.2, -0.15) is 18.3 Å². The quantitative estimate of drug-likeness (QED) is 0.885. The number of pyridine rings is 1. The monoisotopic (exact) mass is 369 g/mol. The standard InChI is InChI=1S/C16H11ClF3N3O2/c17-12-5-3-10(4-6-12)13-15(25,16(18,19)20)9-23(22-13)14(24)11-2-1-7-21-8-11/h1-8,25H,9H2/t15-/m0/s1. The van der Waals surface area contributed by atoms with Crippen LogP contribution in [0.4, 0.5) is 13.2 Å². The fourth-order valence-corrected chi connectivity index (χ4v) is 2.54. The van der Waals surface area contributed by atoms with E-state index in [-0.39, 0.29) is 11.1 Å². The summed E-state index contributed by atoms with van der Waals surface area (Å²) in [7, 11) is 0. The Morgan fingerprint density at radius 3 is 2.48 bits per heavy atom. The number of nitrogens with zero attached hydrogens (tertiary/aromatic N) is 3. The number of carbonyl (C=O) groups excluding carboxylic acids is 1. The minimum Gasteiger partial charge on any atom is -0.374 e. The molecule has 1 amide bonds. The Kier molecular flexibility index (Phi) is 4.26. The number of carbonyl (C=O) groups is 1. The molecule has 0 aliphatic carbocycles. The second kappa shape index (κ2) is 6.12. The summed E-state index contributed by atoms with van der Waals surface area (Å²) < 4.78 is 40.5. The lowest BCUT2D eigenvalue weighted by molar-refractivity contribution is -0.228. The molecule has 1 atom stereocenters. The van der Waals surface area contributed by atoms with Crippen molar-refractivity contribution in [2.24, 2.45) is 5.10 Å². The number of β-amino-alcohol motifs (C(OH)–C–C–N with tert-alkyl or cyclic N) is 1. The molecule has 1 aliphatic heterocycles. The smallest absolute Gasteiger partial charge is 0.374 e. The van der Waals surface area contributed by atoms with E-state index in [0.29, 0.717) is 10.0 Å². The third-order valence-corrected chi connectivity index (χ3v) is 3.97. The molecule has 0 fully saturated rings. The van der Waals surface area contributed by atoms with Gasteiger partial charge in [0.05, 0.1) is 12.1 Å². The van der Waals surface area contributed by atoms with Gasteiger partial charge < -0.3 is 5.11 Å². The Balaban J connectivity index is 2.04. The van der Waals surface area contributed by atoms with Crippen molar-refractivity contribution >= 4 is 23.2 Å². The lowest BCUT2D eigenvalue weighted by Gasteiger charge is -2.27. The Hall–Kier alpha value is -2.45.